The third-order valence-electron chi connectivity index (χ3n) is 7.11. The molecular weight excluding hydrogens is 386 g/mol. The van der Waals surface area contributed by atoms with E-state index < -0.39 is 0 Å². The van der Waals surface area contributed by atoms with Gasteiger partial charge in [-0.1, -0.05) is 30.3 Å². The molecule has 0 unspecified atom stereocenters. The highest BCUT2D eigenvalue weighted by Gasteiger charge is 2.66. The fraction of sp³-hybridized carbons (Fsp3) is 0.400. The lowest BCUT2D eigenvalue weighted by atomic mass is 9.41. The van der Waals surface area contributed by atoms with Crippen LogP contribution in [0.25, 0.3) is 11.5 Å². The molecule has 3 heterocycles. The van der Waals surface area contributed by atoms with E-state index in [0.29, 0.717) is 5.82 Å². The molecule has 0 spiro atoms. The molecular formula is C25H27N5O. The Labute approximate surface area is 182 Å². The third-order valence-corrected chi connectivity index (χ3v) is 7.11. The average molecular weight is 414 g/mol. The van der Waals surface area contributed by atoms with Gasteiger partial charge in [-0.3, -0.25) is 4.98 Å². The van der Waals surface area contributed by atoms with E-state index in [0.717, 1.165) is 69.1 Å². The number of fused-ring (bicyclic) bond motifs is 1. The van der Waals surface area contributed by atoms with Gasteiger partial charge in [0.15, 0.2) is 5.82 Å². The molecule has 6 nitrogen and oxygen atoms in total. The third kappa shape index (κ3) is 3.45. The Balaban J connectivity index is 1.28. The molecule has 6 heteroatoms. The summed E-state index contributed by atoms with van der Waals surface area (Å²) in [6.07, 6.45) is 6.53. The van der Waals surface area contributed by atoms with Crippen LogP contribution in [0, 0.1) is 5.41 Å². The summed E-state index contributed by atoms with van der Waals surface area (Å²) in [6.45, 7) is 2.72. The average Bonchev–Trinajstić information content (AvgIpc) is 2.98. The van der Waals surface area contributed by atoms with Crippen molar-refractivity contribution in [2.24, 2.45) is 5.41 Å². The molecule has 158 valence electrons. The molecule has 0 amide bonds. The number of aliphatic hydroxyl groups is 1. The minimum atomic E-state index is -0.376. The summed E-state index contributed by atoms with van der Waals surface area (Å²) < 4.78 is 0. The number of pyridine rings is 1. The highest BCUT2D eigenvalue weighted by molar-refractivity contribution is 5.59. The second-order valence-electron chi connectivity index (χ2n) is 9.51. The van der Waals surface area contributed by atoms with Crippen LogP contribution in [0.4, 0.5) is 11.6 Å². The first-order chi connectivity index (χ1) is 15.1. The summed E-state index contributed by atoms with van der Waals surface area (Å²) >= 11 is 0. The first-order valence-electron chi connectivity index (χ1n) is 11.2. The summed E-state index contributed by atoms with van der Waals surface area (Å²) in [4.78, 5) is 16.5. The van der Waals surface area contributed by atoms with Crippen molar-refractivity contribution in [2.75, 3.05) is 29.9 Å². The molecule has 3 aromatic rings. The maximum Gasteiger partial charge on any atom is 0.182 e. The maximum absolute atomic E-state index is 10.1. The van der Waals surface area contributed by atoms with Gasteiger partial charge in [0.1, 0.15) is 17.3 Å². The van der Waals surface area contributed by atoms with Gasteiger partial charge in [0.05, 0.1) is 5.60 Å². The lowest BCUT2D eigenvalue weighted by Gasteiger charge is -2.67. The van der Waals surface area contributed by atoms with Gasteiger partial charge in [-0.05, 0) is 60.8 Å². The summed E-state index contributed by atoms with van der Waals surface area (Å²) in [6, 6.07) is 16.6. The number of aromatic nitrogens is 3. The summed E-state index contributed by atoms with van der Waals surface area (Å²) in [7, 11) is 0. The molecule has 1 aliphatic heterocycles. The van der Waals surface area contributed by atoms with Gasteiger partial charge in [0.2, 0.25) is 0 Å². The zero-order chi connectivity index (χ0) is 20.9. The molecule has 3 fully saturated rings. The van der Waals surface area contributed by atoms with Gasteiger partial charge >= 0.3 is 0 Å². The largest absolute Gasteiger partial charge is 0.390 e. The summed E-state index contributed by atoms with van der Waals surface area (Å²) in [5.41, 5.74) is 3.52. The van der Waals surface area contributed by atoms with Gasteiger partial charge in [-0.2, -0.15) is 0 Å². The number of nitrogens with one attached hydrogen (secondary N) is 1. The Bertz CT molecular complexity index is 1070. The molecule has 2 aromatic heterocycles. The van der Waals surface area contributed by atoms with Gasteiger partial charge < -0.3 is 15.3 Å². The maximum atomic E-state index is 10.1. The minimum absolute atomic E-state index is 0.245. The van der Waals surface area contributed by atoms with E-state index >= 15 is 0 Å². The van der Waals surface area contributed by atoms with E-state index in [-0.39, 0.29) is 11.0 Å². The molecule has 4 aliphatic rings. The Morgan fingerprint density at radius 3 is 2.29 bits per heavy atom. The quantitative estimate of drug-likeness (QED) is 0.667. The van der Waals surface area contributed by atoms with Crippen LogP contribution in [0.5, 0.6) is 0 Å². The van der Waals surface area contributed by atoms with Crippen LogP contribution in [0.3, 0.4) is 0 Å². The number of rotatable bonds is 5. The first-order valence-corrected chi connectivity index (χ1v) is 11.2. The molecule has 2 bridgehead atoms. The number of hydrogen-bond donors (Lipinski definition) is 2. The molecule has 2 N–H and O–H groups in total. The topological polar surface area (TPSA) is 74.2 Å². The van der Waals surface area contributed by atoms with Crippen LogP contribution in [-0.4, -0.2) is 45.3 Å². The molecule has 1 aromatic carbocycles. The normalized spacial score (nSPS) is 26.3. The fourth-order valence-corrected chi connectivity index (χ4v) is 5.60. The zero-order valence-electron chi connectivity index (χ0n) is 17.6. The number of hydrogen-bond acceptors (Lipinski definition) is 6. The van der Waals surface area contributed by atoms with Crippen molar-refractivity contribution in [3.63, 3.8) is 0 Å². The number of nitrogens with zero attached hydrogens (tertiary/aromatic N) is 4. The fourth-order valence-electron chi connectivity index (χ4n) is 5.60. The van der Waals surface area contributed by atoms with E-state index in [1.807, 2.05) is 18.2 Å². The second kappa shape index (κ2) is 7.02. The highest BCUT2D eigenvalue weighted by Crippen LogP contribution is 2.66. The van der Waals surface area contributed by atoms with Crippen molar-refractivity contribution in [3.8, 4) is 11.5 Å². The monoisotopic (exact) mass is 413 g/mol. The van der Waals surface area contributed by atoms with Gasteiger partial charge in [0.25, 0.3) is 0 Å². The van der Waals surface area contributed by atoms with Crippen LogP contribution in [0.1, 0.15) is 30.4 Å². The minimum Gasteiger partial charge on any atom is -0.390 e. The van der Waals surface area contributed by atoms with Crippen molar-refractivity contribution >= 4 is 11.6 Å². The summed E-state index contributed by atoms with van der Waals surface area (Å²) in [5, 5.41) is 13.6. The van der Waals surface area contributed by atoms with Crippen LogP contribution in [-0.2, 0) is 12.8 Å². The molecule has 3 aliphatic carbocycles. The van der Waals surface area contributed by atoms with E-state index in [1.54, 1.807) is 6.20 Å². The standard InChI is InChI=1S/C25H27N5O/c31-25-14-24(15-25,16-25)17-27-21-13-22(29-23(28-21)20-7-3-4-10-26-20)30-11-8-18-5-1-2-6-19(18)9-12-30/h1-7,10,13,31H,8-9,11-12,14-17H2,(H,27,28,29). The predicted molar refractivity (Wildman–Crippen MR) is 121 cm³/mol. The Kier molecular flexibility index (Phi) is 4.25. The molecule has 3 saturated carbocycles. The summed E-state index contributed by atoms with van der Waals surface area (Å²) in [5.74, 6) is 2.44. The predicted octanol–water partition coefficient (Wildman–Crippen LogP) is 3.47. The Morgan fingerprint density at radius 2 is 1.65 bits per heavy atom. The molecule has 0 radical (unpaired) electrons. The first kappa shape index (κ1) is 18.8. The van der Waals surface area contributed by atoms with E-state index in [4.69, 9.17) is 9.97 Å². The van der Waals surface area contributed by atoms with Gasteiger partial charge in [-0.25, -0.2) is 9.97 Å². The number of anilines is 2. The lowest BCUT2D eigenvalue weighted by Crippen LogP contribution is -2.69. The van der Waals surface area contributed by atoms with Crippen molar-refractivity contribution in [3.05, 3.63) is 65.9 Å². The lowest BCUT2D eigenvalue weighted by molar-refractivity contribution is -0.252. The van der Waals surface area contributed by atoms with Crippen molar-refractivity contribution in [1.29, 1.82) is 0 Å². The number of benzene rings is 1. The molecule has 0 saturated heterocycles. The van der Waals surface area contributed by atoms with Gasteiger partial charge in [0, 0.05) is 31.9 Å². The van der Waals surface area contributed by atoms with E-state index in [9.17, 15) is 5.11 Å². The van der Waals surface area contributed by atoms with Crippen LogP contribution >= 0.6 is 0 Å². The van der Waals surface area contributed by atoms with Crippen molar-refractivity contribution in [1.82, 2.24) is 15.0 Å². The SMILES string of the molecule is OC12CC(CNc3cc(N4CCc5ccccc5CC4)nc(-c4ccccn4)n3)(C1)C2. The van der Waals surface area contributed by atoms with Gasteiger partial charge in [-0.15, -0.1) is 0 Å². The van der Waals surface area contributed by atoms with E-state index in [2.05, 4.69) is 45.5 Å². The van der Waals surface area contributed by atoms with Crippen LogP contribution in [0.15, 0.2) is 54.7 Å². The van der Waals surface area contributed by atoms with Crippen molar-refractivity contribution < 1.29 is 5.11 Å². The molecule has 31 heavy (non-hydrogen) atoms. The highest BCUT2D eigenvalue weighted by atomic mass is 16.3. The Hall–Kier alpha value is -2.99. The molecule has 7 rings (SSSR count). The second-order valence-corrected chi connectivity index (χ2v) is 9.51. The zero-order valence-corrected chi connectivity index (χ0v) is 17.6. The van der Waals surface area contributed by atoms with Crippen LogP contribution < -0.4 is 10.2 Å². The van der Waals surface area contributed by atoms with Crippen LogP contribution in [0.2, 0.25) is 0 Å². The Morgan fingerprint density at radius 1 is 0.935 bits per heavy atom. The molecule has 0 atom stereocenters. The van der Waals surface area contributed by atoms with Crippen molar-refractivity contribution in [2.45, 2.75) is 37.7 Å². The van der Waals surface area contributed by atoms with E-state index in [1.165, 1.54) is 11.1 Å². The smallest absolute Gasteiger partial charge is 0.182 e.